The summed E-state index contributed by atoms with van der Waals surface area (Å²) in [7, 11) is -3.62. The Morgan fingerprint density at radius 1 is 1.09 bits per heavy atom. The summed E-state index contributed by atoms with van der Waals surface area (Å²) in [5.74, 6) is 0. The fourth-order valence-electron chi connectivity index (χ4n) is 2.77. The number of rotatable bonds is 4. The molecule has 0 saturated heterocycles. The molecule has 3 rings (SSSR count). The van der Waals surface area contributed by atoms with Crippen molar-refractivity contribution in [2.45, 2.75) is 24.3 Å². The predicted octanol–water partition coefficient (Wildman–Crippen LogP) is 3.99. The molecule has 3 nitrogen and oxygen atoms in total. The largest absolute Gasteiger partial charge is 0.264 e. The zero-order valence-electron chi connectivity index (χ0n) is 13.0. The first kappa shape index (κ1) is 15.6. The molecule has 0 aliphatic carbocycles. The molecule has 0 bridgehead atoms. The van der Waals surface area contributed by atoms with E-state index in [1.807, 2.05) is 55.5 Å². The van der Waals surface area contributed by atoms with Crippen molar-refractivity contribution in [3.63, 3.8) is 0 Å². The van der Waals surface area contributed by atoms with Crippen molar-refractivity contribution in [2.75, 3.05) is 0 Å². The van der Waals surface area contributed by atoms with Crippen molar-refractivity contribution in [3.8, 4) is 0 Å². The molecule has 0 radical (unpaired) electrons. The molecular formula is C19H19NO2S. The smallest absolute Gasteiger partial charge is 0.259 e. The van der Waals surface area contributed by atoms with Crippen LogP contribution in [0.1, 0.15) is 17.5 Å². The Hall–Kier alpha value is -2.33. The molecule has 2 aromatic rings. The van der Waals surface area contributed by atoms with Gasteiger partial charge >= 0.3 is 0 Å². The Bertz CT molecular complexity index is 837. The van der Waals surface area contributed by atoms with Gasteiger partial charge in [-0.25, -0.2) is 8.42 Å². The van der Waals surface area contributed by atoms with Crippen molar-refractivity contribution < 1.29 is 8.42 Å². The number of aryl methyl sites for hydroxylation is 1. The van der Waals surface area contributed by atoms with Gasteiger partial charge in [0.15, 0.2) is 0 Å². The summed E-state index contributed by atoms with van der Waals surface area (Å²) in [5.41, 5.74) is 2.65. The first-order valence-electron chi connectivity index (χ1n) is 7.53. The molecule has 0 amide bonds. The highest BCUT2D eigenvalue weighted by molar-refractivity contribution is 7.89. The fraction of sp³-hybridized carbons (Fsp3) is 0.158. The predicted molar refractivity (Wildman–Crippen MR) is 93.2 cm³/mol. The standard InChI is InChI=1S/C19H19NO2S/c1-3-17-11-14-19(16-7-5-4-6-8-16)20(17)23(21,22)18-12-9-15(2)10-13-18/h3-10,12-14,17H,1,11H2,2H3. The summed E-state index contributed by atoms with van der Waals surface area (Å²) in [6, 6.07) is 16.3. The highest BCUT2D eigenvalue weighted by atomic mass is 32.2. The van der Waals surface area contributed by atoms with Gasteiger partial charge in [0.25, 0.3) is 10.0 Å². The summed E-state index contributed by atoms with van der Waals surface area (Å²) in [6.07, 6.45) is 4.30. The van der Waals surface area contributed by atoms with Gasteiger partial charge in [0.2, 0.25) is 0 Å². The SMILES string of the molecule is C=CC1CC=C(c2ccccc2)N1S(=O)(=O)c1ccc(C)cc1. The number of hydrogen-bond donors (Lipinski definition) is 0. The molecule has 1 unspecified atom stereocenters. The lowest BCUT2D eigenvalue weighted by Crippen LogP contribution is -2.34. The second kappa shape index (κ2) is 6.05. The van der Waals surface area contributed by atoms with E-state index in [2.05, 4.69) is 6.58 Å². The highest BCUT2D eigenvalue weighted by Crippen LogP contribution is 2.36. The number of hydrogen-bond acceptors (Lipinski definition) is 2. The Balaban J connectivity index is 2.08. The van der Waals surface area contributed by atoms with Crippen LogP contribution in [-0.2, 0) is 10.0 Å². The van der Waals surface area contributed by atoms with Crippen molar-refractivity contribution in [1.29, 1.82) is 0 Å². The monoisotopic (exact) mass is 325 g/mol. The van der Waals surface area contributed by atoms with Crippen LogP contribution in [0.15, 0.2) is 78.2 Å². The second-order valence-corrected chi connectivity index (χ2v) is 7.42. The van der Waals surface area contributed by atoms with Gasteiger partial charge in [0.1, 0.15) is 0 Å². The first-order chi connectivity index (χ1) is 11.0. The molecule has 1 heterocycles. The van der Waals surface area contributed by atoms with E-state index >= 15 is 0 Å². The van der Waals surface area contributed by atoms with Crippen LogP contribution in [0.25, 0.3) is 5.70 Å². The summed E-state index contributed by atoms with van der Waals surface area (Å²) in [4.78, 5) is 0.304. The third kappa shape index (κ3) is 2.82. The summed E-state index contributed by atoms with van der Waals surface area (Å²) < 4.78 is 27.8. The van der Waals surface area contributed by atoms with Crippen molar-refractivity contribution in [2.24, 2.45) is 0 Å². The Morgan fingerprint density at radius 3 is 2.35 bits per heavy atom. The van der Waals surface area contributed by atoms with Crippen LogP contribution in [-0.4, -0.2) is 18.8 Å². The van der Waals surface area contributed by atoms with E-state index in [0.717, 1.165) is 16.8 Å². The van der Waals surface area contributed by atoms with Gasteiger partial charge in [0.05, 0.1) is 16.6 Å². The van der Waals surface area contributed by atoms with Crippen LogP contribution < -0.4 is 0 Å². The van der Waals surface area contributed by atoms with E-state index < -0.39 is 10.0 Å². The molecule has 4 heteroatoms. The van der Waals surface area contributed by atoms with Crippen LogP contribution in [0.3, 0.4) is 0 Å². The van der Waals surface area contributed by atoms with Crippen molar-refractivity contribution in [3.05, 3.63) is 84.5 Å². The van der Waals surface area contributed by atoms with Crippen LogP contribution in [0.4, 0.5) is 0 Å². The zero-order chi connectivity index (χ0) is 16.4. The van der Waals surface area contributed by atoms with Gasteiger partial charge in [0, 0.05) is 0 Å². The average Bonchev–Trinajstić information content (AvgIpc) is 3.01. The topological polar surface area (TPSA) is 37.4 Å². The van der Waals surface area contributed by atoms with Gasteiger partial charge in [-0.1, -0.05) is 60.2 Å². The number of benzene rings is 2. The molecule has 1 aliphatic heterocycles. The minimum atomic E-state index is -3.62. The molecule has 0 aromatic heterocycles. The molecule has 0 N–H and O–H groups in total. The lowest BCUT2D eigenvalue weighted by molar-refractivity contribution is 0.483. The lowest BCUT2D eigenvalue weighted by atomic mass is 10.2. The van der Waals surface area contributed by atoms with Gasteiger partial charge in [-0.05, 0) is 31.0 Å². The number of nitrogens with zero attached hydrogens (tertiary/aromatic N) is 1. The summed E-state index contributed by atoms with van der Waals surface area (Å²) in [6.45, 7) is 5.74. The van der Waals surface area contributed by atoms with Gasteiger partial charge in [-0.3, -0.25) is 4.31 Å². The Kier molecular flexibility index (Phi) is 4.09. The molecule has 1 aliphatic rings. The van der Waals surface area contributed by atoms with E-state index in [0.29, 0.717) is 11.3 Å². The fourth-order valence-corrected chi connectivity index (χ4v) is 4.45. The minimum Gasteiger partial charge on any atom is -0.259 e. The molecule has 0 fully saturated rings. The third-order valence-electron chi connectivity index (χ3n) is 4.01. The van der Waals surface area contributed by atoms with Crippen molar-refractivity contribution in [1.82, 2.24) is 4.31 Å². The molecular weight excluding hydrogens is 306 g/mol. The van der Waals surface area contributed by atoms with E-state index in [1.54, 1.807) is 18.2 Å². The molecule has 2 aromatic carbocycles. The molecule has 0 spiro atoms. The van der Waals surface area contributed by atoms with E-state index in [9.17, 15) is 8.42 Å². The maximum Gasteiger partial charge on any atom is 0.264 e. The van der Waals surface area contributed by atoms with Crippen molar-refractivity contribution >= 4 is 15.7 Å². The maximum absolute atomic E-state index is 13.1. The Labute approximate surface area is 137 Å². The molecule has 23 heavy (non-hydrogen) atoms. The van der Waals surface area contributed by atoms with Crippen LogP contribution in [0, 0.1) is 6.92 Å². The third-order valence-corrected chi connectivity index (χ3v) is 5.86. The zero-order valence-corrected chi connectivity index (χ0v) is 13.8. The van der Waals surface area contributed by atoms with Gasteiger partial charge in [-0.2, -0.15) is 0 Å². The molecule has 0 saturated carbocycles. The van der Waals surface area contributed by atoms with E-state index in [1.165, 1.54) is 4.31 Å². The summed E-state index contributed by atoms with van der Waals surface area (Å²) >= 11 is 0. The normalized spacial score (nSPS) is 17.9. The second-order valence-electron chi connectivity index (χ2n) is 5.61. The average molecular weight is 325 g/mol. The van der Waals surface area contributed by atoms with Crippen LogP contribution in [0.5, 0.6) is 0 Å². The quantitative estimate of drug-likeness (QED) is 0.797. The molecule has 118 valence electrons. The van der Waals surface area contributed by atoms with E-state index in [-0.39, 0.29) is 6.04 Å². The van der Waals surface area contributed by atoms with Gasteiger partial charge < -0.3 is 0 Å². The number of sulfonamides is 1. The summed E-state index contributed by atoms with van der Waals surface area (Å²) in [5, 5.41) is 0. The highest BCUT2D eigenvalue weighted by Gasteiger charge is 2.35. The minimum absolute atomic E-state index is 0.253. The van der Waals surface area contributed by atoms with E-state index in [4.69, 9.17) is 0 Å². The maximum atomic E-state index is 13.1. The van der Waals surface area contributed by atoms with Crippen LogP contribution >= 0.6 is 0 Å². The lowest BCUT2D eigenvalue weighted by Gasteiger charge is -2.27. The first-order valence-corrected chi connectivity index (χ1v) is 8.97. The molecule has 1 atom stereocenters. The Morgan fingerprint density at radius 2 is 1.74 bits per heavy atom. The van der Waals surface area contributed by atoms with Gasteiger partial charge in [-0.15, -0.1) is 6.58 Å². The van der Waals surface area contributed by atoms with Crippen LogP contribution in [0.2, 0.25) is 0 Å².